The number of hydrogen-bond acceptors (Lipinski definition) is 9. The Morgan fingerprint density at radius 3 is 1.65 bits per heavy atom. The van der Waals surface area contributed by atoms with Crippen molar-refractivity contribution in [1.82, 2.24) is 10.6 Å². The number of benzene rings is 3. The number of hydrogen-bond donors (Lipinski definition) is 4. The largest absolute Gasteiger partial charge is 0.493 e. The third-order valence-electron chi connectivity index (χ3n) is 11.2. The molecule has 3 aromatic rings. The summed E-state index contributed by atoms with van der Waals surface area (Å²) >= 11 is 0. The smallest absolute Gasteiger partial charge is 0.407 e. The van der Waals surface area contributed by atoms with Crippen molar-refractivity contribution in [2.24, 2.45) is 23.7 Å². The number of carbonyl (C=O) groups excluding carboxylic acids is 5. The lowest BCUT2D eigenvalue weighted by Crippen LogP contribution is -2.48. The Bertz CT molecular complexity index is 2010. The van der Waals surface area contributed by atoms with Gasteiger partial charge in [-0.15, -0.1) is 0 Å². The van der Waals surface area contributed by atoms with Crippen molar-refractivity contribution in [3.8, 4) is 11.5 Å². The van der Waals surface area contributed by atoms with Gasteiger partial charge in [0, 0.05) is 41.2 Å². The topological polar surface area (TPSA) is 170 Å². The van der Waals surface area contributed by atoms with Gasteiger partial charge in [0.05, 0.1) is 30.6 Å². The van der Waals surface area contributed by atoms with E-state index in [2.05, 4.69) is 49.0 Å². The first-order valence-corrected chi connectivity index (χ1v) is 22.7. The van der Waals surface area contributed by atoms with Crippen LogP contribution in [0, 0.1) is 23.7 Å². The molecule has 0 radical (unpaired) electrons. The molecule has 13 heteroatoms. The molecule has 2 saturated carbocycles. The highest BCUT2D eigenvalue weighted by Gasteiger charge is 2.35. The molecule has 0 bridgehead atoms. The first kappa shape index (κ1) is 48.4. The van der Waals surface area contributed by atoms with E-state index in [0.29, 0.717) is 73.6 Å². The number of ether oxygens (including phenoxy) is 4. The zero-order valence-electron chi connectivity index (χ0n) is 38.2. The zero-order valence-corrected chi connectivity index (χ0v) is 38.2. The predicted molar refractivity (Wildman–Crippen MR) is 244 cm³/mol. The van der Waals surface area contributed by atoms with Crippen molar-refractivity contribution >= 4 is 41.2 Å². The summed E-state index contributed by atoms with van der Waals surface area (Å²) in [5, 5.41) is 12.1. The molecule has 0 saturated heterocycles. The van der Waals surface area contributed by atoms with Crippen LogP contribution >= 0.6 is 0 Å². The average molecular weight is 869 g/mol. The van der Waals surface area contributed by atoms with Crippen LogP contribution < -0.4 is 30.7 Å². The highest BCUT2D eigenvalue weighted by atomic mass is 16.6. The molecule has 63 heavy (non-hydrogen) atoms. The van der Waals surface area contributed by atoms with Crippen LogP contribution in [-0.2, 0) is 25.7 Å². The molecule has 2 fully saturated rings. The Balaban J connectivity index is 1.31. The van der Waals surface area contributed by atoms with Crippen LogP contribution in [0.2, 0.25) is 0 Å². The van der Waals surface area contributed by atoms with Crippen LogP contribution in [-0.4, -0.2) is 60.7 Å². The van der Waals surface area contributed by atoms with E-state index in [9.17, 15) is 24.0 Å². The van der Waals surface area contributed by atoms with Crippen molar-refractivity contribution in [1.29, 1.82) is 0 Å². The molecule has 3 aromatic carbocycles. The highest BCUT2D eigenvalue weighted by molar-refractivity contribution is 6.00. The maximum Gasteiger partial charge on any atom is 0.407 e. The van der Waals surface area contributed by atoms with Crippen LogP contribution in [0.15, 0.2) is 66.7 Å². The number of amides is 4. The van der Waals surface area contributed by atoms with Gasteiger partial charge < -0.3 is 40.2 Å². The average Bonchev–Trinajstić information content (AvgIpc) is 3.22. The Morgan fingerprint density at radius 2 is 1.13 bits per heavy atom. The third kappa shape index (κ3) is 15.9. The second-order valence-corrected chi connectivity index (χ2v) is 18.7. The summed E-state index contributed by atoms with van der Waals surface area (Å²) < 4.78 is 23.2. The molecule has 2 aliphatic rings. The van der Waals surface area contributed by atoms with Crippen LogP contribution in [0.25, 0.3) is 0 Å². The highest BCUT2D eigenvalue weighted by Crippen LogP contribution is 2.31. The molecule has 4 atom stereocenters. The lowest BCUT2D eigenvalue weighted by Gasteiger charge is -2.32. The minimum absolute atomic E-state index is 0.0956. The van der Waals surface area contributed by atoms with Crippen molar-refractivity contribution in [3.63, 3.8) is 0 Å². The van der Waals surface area contributed by atoms with E-state index < -0.39 is 47.5 Å². The summed E-state index contributed by atoms with van der Waals surface area (Å²) in [5.41, 5.74) is 1.46. The van der Waals surface area contributed by atoms with Gasteiger partial charge in [0.2, 0.25) is 11.8 Å². The van der Waals surface area contributed by atoms with Crippen LogP contribution in [0.5, 0.6) is 11.5 Å². The van der Waals surface area contributed by atoms with E-state index >= 15 is 0 Å². The van der Waals surface area contributed by atoms with Gasteiger partial charge >= 0.3 is 12.1 Å². The van der Waals surface area contributed by atoms with E-state index in [1.807, 2.05) is 30.3 Å². The van der Waals surface area contributed by atoms with Crippen molar-refractivity contribution in [2.75, 3.05) is 23.8 Å². The fourth-order valence-corrected chi connectivity index (χ4v) is 7.80. The zero-order chi connectivity index (χ0) is 45.5. The molecule has 13 nitrogen and oxygen atoms in total. The first-order valence-electron chi connectivity index (χ1n) is 22.7. The minimum Gasteiger partial charge on any atom is -0.493 e. The van der Waals surface area contributed by atoms with Gasteiger partial charge in [0.15, 0.2) is 0 Å². The van der Waals surface area contributed by atoms with E-state index in [-0.39, 0.29) is 29.5 Å². The Morgan fingerprint density at radius 1 is 0.635 bits per heavy atom. The molecular formula is C50H68N4O9. The lowest BCUT2D eigenvalue weighted by molar-refractivity contribution is -0.122. The van der Waals surface area contributed by atoms with Gasteiger partial charge in [-0.3, -0.25) is 14.4 Å². The molecule has 0 aliphatic heterocycles. The van der Waals surface area contributed by atoms with Crippen LogP contribution in [0.3, 0.4) is 0 Å². The van der Waals surface area contributed by atoms with E-state index in [1.54, 1.807) is 57.2 Å². The molecule has 0 aromatic heterocycles. The fraction of sp³-hybridized carbons (Fsp3) is 0.540. The molecule has 5 rings (SSSR count). The maximum atomic E-state index is 14.1. The Labute approximate surface area is 373 Å². The minimum atomic E-state index is -0.677. The lowest BCUT2D eigenvalue weighted by atomic mass is 9.83. The van der Waals surface area contributed by atoms with Crippen LogP contribution in [0.4, 0.5) is 16.2 Å². The monoisotopic (exact) mass is 868 g/mol. The number of nitrogens with one attached hydrogen (secondary N) is 4. The number of esters is 1. The Kier molecular flexibility index (Phi) is 17.8. The second kappa shape index (κ2) is 23.2. The molecule has 4 unspecified atom stereocenters. The second-order valence-electron chi connectivity index (χ2n) is 18.7. The van der Waals surface area contributed by atoms with E-state index in [4.69, 9.17) is 18.9 Å². The quantitative estimate of drug-likeness (QED) is 0.0909. The summed E-state index contributed by atoms with van der Waals surface area (Å²) in [6, 6.07) is 18.4. The van der Waals surface area contributed by atoms with E-state index in [0.717, 1.165) is 44.1 Å². The summed E-state index contributed by atoms with van der Waals surface area (Å²) in [4.78, 5) is 68.0. The third-order valence-corrected chi connectivity index (χ3v) is 11.2. The normalized spacial score (nSPS) is 18.8. The molecular weight excluding hydrogens is 801 g/mol. The van der Waals surface area contributed by atoms with E-state index in [1.165, 1.54) is 0 Å². The van der Waals surface area contributed by atoms with Gasteiger partial charge in [-0.05, 0) is 101 Å². The maximum absolute atomic E-state index is 14.1. The van der Waals surface area contributed by atoms with Gasteiger partial charge in [-0.2, -0.15) is 0 Å². The summed E-state index contributed by atoms with van der Waals surface area (Å²) in [6.07, 6.45) is 6.74. The van der Waals surface area contributed by atoms with Crippen LogP contribution in [0.1, 0.15) is 139 Å². The SMILES string of the molecule is CC(C)CCOc1cc(NC(=O)C2CCCCC2NC(=O)OC(C)(C)C)cc(C(=O)NC2CCCCC2C(=O)Nc2cc(OCCC(C)C)cc(C(=O)OCc3ccccc3)c2)c1. The predicted octanol–water partition coefficient (Wildman–Crippen LogP) is 9.84. The number of rotatable bonds is 18. The van der Waals surface area contributed by atoms with Crippen molar-refractivity contribution in [2.45, 2.75) is 137 Å². The Hall–Kier alpha value is -5.59. The molecule has 0 spiro atoms. The molecule has 0 heterocycles. The van der Waals surface area contributed by atoms with Gasteiger partial charge in [0.1, 0.15) is 23.7 Å². The van der Waals surface area contributed by atoms with Gasteiger partial charge in [-0.25, -0.2) is 9.59 Å². The standard InChI is InChI=1S/C50H68N4O9/c1-32(2)21-23-60-39-27-35(25-37(29-39)51-47(57)42-18-12-14-20-44(42)54-49(59)63-50(5,6)7)45(55)53-43-19-13-11-17-41(43)46(56)52-38-26-36(28-40(30-38)61-24-22-33(3)4)48(58)62-31-34-15-9-8-10-16-34/h8-10,15-16,25-30,32-33,41-44H,11-14,17-24,31H2,1-7H3,(H,51,57)(H,52,56)(H,53,55)(H,54,59). The molecule has 4 amide bonds. The number of carbonyl (C=O) groups is 5. The fourth-order valence-electron chi connectivity index (χ4n) is 7.80. The van der Waals surface area contributed by atoms with Gasteiger partial charge in [-0.1, -0.05) is 83.7 Å². The number of alkyl carbamates (subject to hydrolysis) is 1. The summed E-state index contributed by atoms with van der Waals surface area (Å²) in [7, 11) is 0. The summed E-state index contributed by atoms with van der Waals surface area (Å²) in [6.45, 7) is 14.7. The summed E-state index contributed by atoms with van der Waals surface area (Å²) in [5.74, 6) is -0.907. The molecule has 2 aliphatic carbocycles. The molecule has 4 N–H and O–H groups in total. The van der Waals surface area contributed by atoms with Crippen molar-refractivity contribution in [3.05, 3.63) is 83.4 Å². The van der Waals surface area contributed by atoms with Gasteiger partial charge in [0.25, 0.3) is 5.91 Å². The first-order chi connectivity index (χ1) is 30.0. The number of anilines is 2. The molecule has 342 valence electrons. The van der Waals surface area contributed by atoms with Crippen molar-refractivity contribution < 1.29 is 42.9 Å².